The molecule has 0 bridgehead atoms. The van der Waals surface area contributed by atoms with Gasteiger partial charge in [0.2, 0.25) is 0 Å². The number of imidazole rings is 1. The predicted octanol–water partition coefficient (Wildman–Crippen LogP) is 0.407. The van der Waals surface area contributed by atoms with Crippen molar-refractivity contribution in [1.29, 1.82) is 0 Å². The molecule has 2 nitrogen and oxygen atoms in total. The molecule has 0 saturated carbocycles. The summed E-state index contributed by atoms with van der Waals surface area (Å²) in [5.74, 6) is 0. The molecule has 1 heterocycles. The van der Waals surface area contributed by atoms with Gasteiger partial charge in [0.1, 0.15) is 0 Å². The van der Waals surface area contributed by atoms with E-state index < -0.39 is 0 Å². The molecule has 1 radical (unpaired) electrons. The fourth-order valence-corrected chi connectivity index (χ4v) is 0.215. The third kappa shape index (κ3) is 1.32. The third-order valence-electron chi connectivity index (χ3n) is 0.406. The first-order valence-electron chi connectivity index (χ1n) is 1.43. The monoisotopic (exact) mass is 170 g/mol. The largest absolute Gasteiger partial charge is 3.00 e. The Hall–Kier alpha value is -0.167. The molecule has 0 unspecified atom stereocenters. The van der Waals surface area contributed by atoms with Crippen molar-refractivity contribution >= 4 is 0 Å². The molecular weight excluding hydrogens is 165 g/mol. The SMILES string of the molecule is [Ru+3].c1c[nH]cn1. The number of nitrogens with one attached hydrogen (secondary N) is 1. The molecule has 1 rings (SSSR count). The summed E-state index contributed by atoms with van der Waals surface area (Å²) in [5.41, 5.74) is 0. The van der Waals surface area contributed by atoms with Crippen molar-refractivity contribution in [2.75, 3.05) is 0 Å². The Balaban J connectivity index is 0.000000250. The van der Waals surface area contributed by atoms with Gasteiger partial charge in [-0.05, 0) is 0 Å². The number of aromatic amines is 1. The normalized spacial score (nSPS) is 6.67. The zero-order chi connectivity index (χ0) is 3.54. The van der Waals surface area contributed by atoms with Crippen LogP contribution >= 0.6 is 0 Å². The average molecular weight is 169 g/mol. The van der Waals surface area contributed by atoms with Crippen molar-refractivity contribution in [3.05, 3.63) is 18.7 Å². The standard InChI is InChI=1S/C3H4N2.Ru/c1-2-5-3-4-1;/h1-3H,(H,4,5);/q;+3. The van der Waals surface area contributed by atoms with Crippen LogP contribution in [0.25, 0.3) is 0 Å². The van der Waals surface area contributed by atoms with E-state index in [-0.39, 0.29) is 19.5 Å². The van der Waals surface area contributed by atoms with Crippen molar-refractivity contribution in [3.63, 3.8) is 0 Å². The van der Waals surface area contributed by atoms with Crippen LogP contribution in [0.2, 0.25) is 0 Å². The van der Waals surface area contributed by atoms with Crippen LogP contribution < -0.4 is 0 Å². The van der Waals surface area contributed by atoms with Crippen LogP contribution in [0.3, 0.4) is 0 Å². The summed E-state index contributed by atoms with van der Waals surface area (Å²) < 4.78 is 0. The van der Waals surface area contributed by atoms with Gasteiger partial charge >= 0.3 is 19.5 Å². The Morgan fingerprint density at radius 1 is 1.50 bits per heavy atom. The minimum atomic E-state index is 0. The molecule has 0 saturated heterocycles. The van der Waals surface area contributed by atoms with Crippen LogP contribution in [0.1, 0.15) is 0 Å². The van der Waals surface area contributed by atoms with Gasteiger partial charge in [-0.1, -0.05) is 0 Å². The molecule has 0 atom stereocenters. The van der Waals surface area contributed by atoms with Gasteiger partial charge in [-0.3, -0.25) is 0 Å². The van der Waals surface area contributed by atoms with E-state index in [2.05, 4.69) is 9.97 Å². The summed E-state index contributed by atoms with van der Waals surface area (Å²) in [6, 6.07) is 0. The maximum atomic E-state index is 3.67. The molecule has 0 spiro atoms. The summed E-state index contributed by atoms with van der Waals surface area (Å²) in [6.45, 7) is 0. The van der Waals surface area contributed by atoms with Crippen LogP contribution in [-0.4, -0.2) is 9.97 Å². The molecule has 3 heteroatoms. The van der Waals surface area contributed by atoms with Crippen molar-refractivity contribution in [3.8, 4) is 0 Å². The minimum absolute atomic E-state index is 0. The Morgan fingerprint density at radius 3 is 2.50 bits per heavy atom. The van der Waals surface area contributed by atoms with Crippen molar-refractivity contribution in [2.24, 2.45) is 0 Å². The quantitative estimate of drug-likeness (QED) is 0.560. The fourth-order valence-electron chi connectivity index (χ4n) is 0.215. The van der Waals surface area contributed by atoms with E-state index >= 15 is 0 Å². The van der Waals surface area contributed by atoms with Gasteiger partial charge in [-0.15, -0.1) is 0 Å². The minimum Gasteiger partial charge on any atom is -0.351 e. The molecule has 1 aromatic heterocycles. The van der Waals surface area contributed by atoms with Gasteiger partial charge in [-0.25, -0.2) is 4.98 Å². The Morgan fingerprint density at radius 2 is 2.33 bits per heavy atom. The van der Waals surface area contributed by atoms with Crippen molar-refractivity contribution in [2.45, 2.75) is 0 Å². The molecule has 0 fully saturated rings. The maximum absolute atomic E-state index is 3.67. The molecule has 1 N–H and O–H groups in total. The number of rotatable bonds is 0. The number of H-pyrrole nitrogens is 1. The van der Waals surface area contributed by atoms with Gasteiger partial charge in [0.25, 0.3) is 0 Å². The van der Waals surface area contributed by atoms with Crippen molar-refractivity contribution < 1.29 is 19.5 Å². The van der Waals surface area contributed by atoms with Crippen LogP contribution in [0.4, 0.5) is 0 Å². The third-order valence-corrected chi connectivity index (χ3v) is 0.406. The first-order valence-corrected chi connectivity index (χ1v) is 1.43. The Bertz CT molecular complexity index is 65.3. The van der Waals surface area contributed by atoms with Crippen molar-refractivity contribution in [1.82, 2.24) is 9.97 Å². The molecule has 0 aromatic carbocycles. The van der Waals surface area contributed by atoms with Gasteiger partial charge in [0.05, 0.1) is 6.33 Å². The predicted molar refractivity (Wildman–Crippen MR) is 18.6 cm³/mol. The fraction of sp³-hybridized carbons (Fsp3) is 0. The van der Waals surface area contributed by atoms with E-state index in [0.29, 0.717) is 0 Å². The van der Waals surface area contributed by atoms with E-state index in [1.165, 1.54) is 0 Å². The number of nitrogens with zero attached hydrogens (tertiary/aromatic N) is 1. The van der Waals surface area contributed by atoms with Crippen LogP contribution in [0.5, 0.6) is 0 Å². The number of hydrogen-bond donors (Lipinski definition) is 1. The number of hydrogen-bond acceptors (Lipinski definition) is 1. The zero-order valence-corrected chi connectivity index (χ0v) is 4.77. The second kappa shape index (κ2) is 3.04. The molecule has 0 aliphatic rings. The van der Waals surface area contributed by atoms with Gasteiger partial charge < -0.3 is 4.98 Å². The second-order valence-corrected chi connectivity index (χ2v) is 0.761. The summed E-state index contributed by atoms with van der Waals surface area (Å²) in [7, 11) is 0. The molecule has 6 heavy (non-hydrogen) atoms. The summed E-state index contributed by atoms with van der Waals surface area (Å²) >= 11 is 0. The van der Waals surface area contributed by atoms with E-state index in [9.17, 15) is 0 Å². The Kier molecular flexibility index (Phi) is 2.96. The number of aromatic nitrogens is 2. The van der Waals surface area contributed by atoms with Crippen LogP contribution in [-0.2, 0) is 19.5 Å². The molecule has 1 aromatic rings. The smallest absolute Gasteiger partial charge is 0.351 e. The second-order valence-electron chi connectivity index (χ2n) is 0.761. The van der Waals surface area contributed by atoms with Gasteiger partial charge in [0.15, 0.2) is 0 Å². The summed E-state index contributed by atoms with van der Waals surface area (Å²) in [5, 5.41) is 0. The first kappa shape index (κ1) is 5.83. The topological polar surface area (TPSA) is 28.7 Å². The average Bonchev–Trinajstić information content (AvgIpc) is 1.76. The van der Waals surface area contributed by atoms with Gasteiger partial charge in [0, 0.05) is 12.4 Å². The molecule has 0 amide bonds. The molecule has 31 valence electrons. The van der Waals surface area contributed by atoms with Crippen LogP contribution in [0.15, 0.2) is 18.7 Å². The van der Waals surface area contributed by atoms with E-state index in [4.69, 9.17) is 0 Å². The molecular formula is C3H4N2Ru+3. The van der Waals surface area contributed by atoms with E-state index in [1.54, 1.807) is 18.7 Å². The summed E-state index contributed by atoms with van der Waals surface area (Å²) in [4.78, 5) is 6.42. The zero-order valence-electron chi connectivity index (χ0n) is 3.03. The first-order chi connectivity index (χ1) is 2.50. The van der Waals surface area contributed by atoms with E-state index in [0.717, 1.165) is 0 Å². The molecule has 0 aliphatic carbocycles. The molecule has 0 aliphatic heterocycles. The Labute approximate surface area is 48.7 Å². The van der Waals surface area contributed by atoms with Crippen LogP contribution in [0, 0.1) is 0 Å². The maximum Gasteiger partial charge on any atom is 3.00 e. The summed E-state index contributed by atoms with van der Waals surface area (Å²) in [6.07, 6.45) is 5.08. The van der Waals surface area contributed by atoms with E-state index in [1.807, 2.05) is 0 Å². The van der Waals surface area contributed by atoms with Gasteiger partial charge in [-0.2, -0.15) is 0 Å².